The summed E-state index contributed by atoms with van der Waals surface area (Å²) >= 11 is 0. The second-order valence-corrected chi connectivity index (χ2v) is 5.95. The Hall–Kier alpha value is -2.21. The Morgan fingerprint density at radius 2 is 1.91 bits per heavy atom. The fourth-order valence-electron chi connectivity index (χ4n) is 2.95. The molecule has 1 amide bonds. The number of aromatic nitrogens is 2. The van der Waals surface area contributed by atoms with E-state index in [-0.39, 0.29) is 11.7 Å². The molecule has 2 heterocycles. The van der Waals surface area contributed by atoms with Crippen LogP contribution in [0, 0.1) is 12.7 Å². The molecule has 0 bridgehead atoms. The van der Waals surface area contributed by atoms with Gasteiger partial charge in [0.25, 0.3) is 5.91 Å². The average Bonchev–Trinajstić information content (AvgIpc) is 2.88. The first-order valence-corrected chi connectivity index (χ1v) is 7.80. The first-order chi connectivity index (χ1) is 11.0. The second kappa shape index (κ2) is 6.50. The lowest BCUT2D eigenvalue weighted by Crippen LogP contribution is -2.48. The van der Waals surface area contributed by atoms with E-state index < -0.39 is 0 Å². The van der Waals surface area contributed by atoms with E-state index in [0.29, 0.717) is 30.9 Å². The van der Waals surface area contributed by atoms with Crippen LogP contribution in [0.5, 0.6) is 0 Å². The van der Waals surface area contributed by atoms with Gasteiger partial charge in [-0.2, -0.15) is 5.10 Å². The van der Waals surface area contributed by atoms with Gasteiger partial charge in [0.1, 0.15) is 11.5 Å². The van der Waals surface area contributed by atoms with Crippen molar-refractivity contribution in [1.82, 2.24) is 19.6 Å². The first kappa shape index (κ1) is 15.7. The van der Waals surface area contributed by atoms with Crippen LogP contribution in [-0.2, 0) is 13.6 Å². The second-order valence-electron chi connectivity index (χ2n) is 5.95. The maximum absolute atomic E-state index is 13.7. The van der Waals surface area contributed by atoms with Crippen LogP contribution in [0.3, 0.4) is 0 Å². The van der Waals surface area contributed by atoms with Gasteiger partial charge < -0.3 is 4.90 Å². The Morgan fingerprint density at radius 3 is 2.52 bits per heavy atom. The van der Waals surface area contributed by atoms with E-state index >= 15 is 0 Å². The summed E-state index contributed by atoms with van der Waals surface area (Å²) in [6.07, 6.45) is 0. The van der Waals surface area contributed by atoms with Gasteiger partial charge in [0.15, 0.2) is 0 Å². The van der Waals surface area contributed by atoms with Crippen molar-refractivity contribution >= 4 is 5.91 Å². The summed E-state index contributed by atoms with van der Waals surface area (Å²) in [6.45, 7) is 5.26. The highest BCUT2D eigenvalue weighted by atomic mass is 19.1. The topological polar surface area (TPSA) is 41.4 Å². The van der Waals surface area contributed by atoms with E-state index in [1.807, 2.05) is 30.0 Å². The highest BCUT2D eigenvalue weighted by Gasteiger charge is 2.24. The molecule has 0 atom stereocenters. The molecule has 1 aromatic carbocycles. The molecule has 1 aliphatic heterocycles. The van der Waals surface area contributed by atoms with Crippen LogP contribution in [0.4, 0.5) is 4.39 Å². The molecule has 6 heteroatoms. The quantitative estimate of drug-likeness (QED) is 0.867. The van der Waals surface area contributed by atoms with Crippen LogP contribution in [0.25, 0.3) is 0 Å². The van der Waals surface area contributed by atoms with E-state index in [1.54, 1.807) is 17.8 Å². The Balaban J connectivity index is 1.59. The third kappa shape index (κ3) is 3.42. The molecule has 1 aliphatic rings. The smallest absolute Gasteiger partial charge is 0.272 e. The number of benzene rings is 1. The molecule has 0 saturated carbocycles. The SMILES string of the molecule is Cc1cc(C(=O)N2CCN(Cc3ccccc3F)CC2)n(C)n1. The predicted octanol–water partition coefficient (Wildman–Crippen LogP) is 1.83. The maximum Gasteiger partial charge on any atom is 0.272 e. The highest BCUT2D eigenvalue weighted by Crippen LogP contribution is 2.14. The molecule has 0 unspecified atom stereocenters. The van der Waals surface area contributed by atoms with Crippen LogP contribution in [0.2, 0.25) is 0 Å². The van der Waals surface area contributed by atoms with Crippen LogP contribution in [0.1, 0.15) is 21.7 Å². The van der Waals surface area contributed by atoms with Crippen LogP contribution in [-0.4, -0.2) is 51.7 Å². The largest absolute Gasteiger partial charge is 0.335 e. The van der Waals surface area contributed by atoms with Gasteiger partial charge in [0.05, 0.1) is 5.69 Å². The third-order valence-electron chi connectivity index (χ3n) is 4.23. The number of halogens is 1. The zero-order valence-corrected chi connectivity index (χ0v) is 13.5. The molecule has 1 saturated heterocycles. The van der Waals surface area contributed by atoms with Crippen molar-refractivity contribution in [3.63, 3.8) is 0 Å². The van der Waals surface area contributed by atoms with Crippen molar-refractivity contribution in [3.8, 4) is 0 Å². The molecular weight excluding hydrogens is 295 g/mol. The average molecular weight is 316 g/mol. The van der Waals surface area contributed by atoms with Gasteiger partial charge in [-0.15, -0.1) is 0 Å². The first-order valence-electron chi connectivity index (χ1n) is 7.80. The number of rotatable bonds is 3. The summed E-state index contributed by atoms with van der Waals surface area (Å²) in [5.74, 6) is -0.157. The van der Waals surface area contributed by atoms with Crippen molar-refractivity contribution in [2.75, 3.05) is 26.2 Å². The Kier molecular flexibility index (Phi) is 4.43. The molecule has 0 radical (unpaired) electrons. The summed E-state index contributed by atoms with van der Waals surface area (Å²) in [7, 11) is 1.79. The number of aryl methyl sites for hydroxylation is 2. The van der Waals surface area contributed by atoms with Crippen LogP contribution in [0.15, 0.2) is 30.3 Å². The van der Waals surface area contributed by atoms with Gasteiger partial charge in [0.2, 0.25) is 0 Å². The van der Waals surface area contributed by atoms with E-state index in [9.17, 15) is 9.18 Å². The maximum atomic E-state index is 13.7. The van der Waals surface area contributed by atoms with Crippen molar-refractivity contribution in [2.45, 2.75) is 13.5 Å². The number of hydrogen-bond donors (Lipinski definition) is 0. The minimum atomic E-state index is -0.170. The molecule has 0 N–H and O–H groups in total. The zero-order chi connectivity index (χ0) is 16.4. The molecule has 0 aliphatic carbocycles. The Bertz CT molecular complexity index is 704. The van der Waals surface area contributed by atoms with Gasteiger partial charge >= 0.3 is 0 Å². The predicted molar refractivity (Wildman–Crippen MR) is 85.5 cm³/mol. The molecule has 122 valence electrons. The molecule has 2 aromatic rings. The highest BCUT2D eigenvalue weighted by molar-refractivity contribution is 5.92. The molecule has 23 heavy (non-hydrogen) atoms. The van der Waals surface area contributed by atoms with Crippen molar-refractivity contribution < 1.29 is 9.18 Å². The van der Waals surface area contributed by atoms with Gasteiger partial charge in [-0.05, 0) is 19.1 Å². The monoisotopic (exact) mass is 316 g/mol. The molecule has 0 spiro atoms. The van der Waals surface area contributed by atoms with Gasteiger partial charge in [0, 0.05) is 45.3 Å². The molecule has 1 aromatic heterocycles. The van der Waals surface area contributed by atoms with Gasteiger partial charge in [-0.1, -0.05) is 18.2 Å². The lowest BCUT2D eigenvalue weighted by atomic mass is 10.2. The summed E-state index contributed by atoms with van der Waals surface area (Å²) < 4.78 is 15.3. The minimum Gasteiger partial charge on any atom is -0.335 e. The lowest BCUT2D eigenvalue weighted by molar-refractivity contribution is 0.0616. The fourth-order valence-corrected chi connectivity index (χ4v) is 2.95. The van der Waals surface area contributed by atoms with E-state index in [4.69, 9.17) is 0 Å². The van der Waals surface area contributed by atoms with E-state index in [2.05, 4.69) is 10.00 Å². The van der Waals surface area contributed by atoms with Crippen LogP contribution < -0.4 is 0 Å². The number of carbonyl (C=O) groups is 1. The van der Waals surface area contributed by atoms with Crippen molar-refractivity contribution in [2.24, 2.45) is 7.05 Å². The van der Waals surface area contributed by atoms with E-state index in [1.165, 1.54) is 6.07 Å². The Labute approximate surface area is 135 Å². The summed E-state index contributed by atoms with van der Waals surface area (Å²) in [4.78, 5) is 16.6. The molecule has 5 nitrogen and oxygen atoms in total. The van der Waals surface area contributed by atoms with Gasteiger partial charge in [-0.3, -0.25) is 14.4 Å². The number of nitrogens with zero attached hydrogens (tertiary/aromatic N) is 4. The fraction of sp³-hybridized carbons (Fsp3) is 0.412. The number of amides is 1. The standard InChI is InChI=1S/C17H21FN4O/c1-13-11-16(20(2)19-13)17(23)22-9-7-21(8-10-22)12-14-5-3-4-6-15(14)18/h3-6,11H,7-10,12H2,1-2H3. The van der Waals surface area contributed by atoms with Crippen molar-refractivity contribution in [3.05, 3.63) is 53.1 Å². The lowest BCUT2D eigenvalue weighted by Gasteiger charge is -2.34. The number of piperazine rings is 1. The van der Waals surface area contributed by atoms with Gasteiger partial charge in [-0.25, -0.2) is 4.39 Å². The normalized spacial score (nSPS) is 15.9. The van der Waals surface area contributed by atoms with E-state index in [0.717, 1.165) is 18.8 Å². The molecular formula is C17H21FN4O. The summed E-state index contributed by atoms with van der Waals surface area (Å²) in [5, 5.41) is 4.22. The number of hydrogen-bond acceptors (Lipinski definition) is 3. The zero-order valence-electron chi connectivity index (χ0n) is 13.5. The molecule has 1 fully saturated rings. The summed E-state index contributed by atoms with van der Waals surface area (Å²) in [5.41, 5.74) is 2.16. The molecule has 3 rings (SSSR count). The Morgan fingerprint density at radius 1 is 1.22 bits per heavy atom. The minimum absolute atomic E-state index is 0.0126. The van der Waals surface area contributed by atoms with Crippen molar-refractivity contribution in [1.29, 1.82) is 0 Å². The summed E-state index contributed by atoms with van der Waals surface area (Å²) in [6, 6.07) is 8.66. The van der Waals surface area contributed by atoms with Crippen LogP contribution >= 0.6 is 0 Å². The third-order valence-corrected chi connectivity index (χ3v) is 4.23. The number of carbonyl (C=O) groups excluding carboxylic acids is 1.